The standard InChI is InChI=1S/C47H63N15O14S2/c1-24(64)55-36-22-78-77-21-35(39(48)69)62-42(72)30(15-26-9-11-28(65)12-10-26)56-37(66)19-53-40(70)34(20-63)61-45(75)33(17-38(67)68)60-44(74)32(16-27-18-51-23-54-27)59-41(71)29(8-5-13-52-47(49)50)57-43(73)31(58-46(36)76)14-25-6-3-2-4-7-25/h2-4,6-7,9-12,18,23,29-36,63,65H,5,8,13-17,19-22H2,1H3,(H2,48,69)(H,51,54)(H,53,70)(H,55,64)(H,56,66)(H,57,73)(H,58,76)(H,59,71)(H,60,74)(H,61,75)(H,62,72)(H,67,68)(H4,49,50,52)/t29-,30-,31-,32-,33-,34-,35-,36-/m0/s1. The lowest BCUT2D eigenvalue weighted by molar-refractivity contribution is -0.141. The third-order valence-corrected chi connectivity index (χ3v) is 13.7. The molecule has 8 atom stereocenters. The number of aromatic nitrogens is 2. The average Bonchev–Trinajstić information content (AvgIpc) is 3.91. The Labute approximate surface area is 453 Å². The third kappa shape index (κ3) is 21.7. The number of carboxylic acids is 1. The average molecular weight is 1130 g/mol. The van der Waals surface area contributed by atoms with Gasteiger partial charge in [0.25, 0.3) is 0 Å². The van der Waals surface area contributed by atoms with Gasteiger partial charge < -0.3 is 85.4 Å². The van der Waals surface area contributed by atoms with Crippen molar-refractivity contribution in [2.24, 2.45) is 22.2 Å². The number of aliphatic hydroxyl groups is 1. The fraction of sp³-hybridized carbons (Fsp3) is 0.426. The molecule has 31 heteroatoms. The number of carbonyl (C=O) groups excluding carboxylic acids is 10. The van der Waals surface area contributed by atoms with Crippen molar-refractivity contribution in [3.63, 3.8) is 0 Å². The van der Waals surface area contributed by atoms with E-state index in [0.29, 0.717) is 11.1 Å². The number of hydrogen-bond acceptors (Lipinski definition) is 17. The number of aliphatic hydroxyl groups excluding tert-OH is 1. The molecule has 1 aromatic heterocycles. The Morgan fingerprint density at radius 1 is 0.679 bits per heavy atom. The van der Waals surface area contributed by atoms with Crippen LogP contribution in [0.4, 0.5) is 0 Å². The highest BCUT2D eigenvalue weighted by molar-refractivity contribution is 8.76. The molecule has 10 amide bonds. The zero-order valence-corrected chi connectivity index (χ0v) is 43.7. The smallest absolute Gasteiger partial charge is 0.305 e. The first kappa shape index (κ1) is 62.1. The summed E-state index contributed by atoms with van der Waals surface area (Å²) in [6.45, 7) is -0.856. The molecule has 0 saturated carbocycles. The van der Waals surface area contributed by atoms with Crippen LogP contribution in [-0.4, -0.2) is 176 Å². The first-order valence-corrected chi connectivity index (χ1v) is 26.5. The van der Waals surface area contributed by atoms with E-state index < -0.39 is 133 Å². The van der Waals surface area contributed by atoms with Crippen LogP contribution in [0.15, 0.2) is 72.1 Å². The minimum Gasteiger partial charge on any atom is -0.508 e. The van der Waals surface area contributed by atoms with Gasteiger partial charge in [0.2, 0.25) is 59.1 Å². The molecular weight excluding hydrogens is 1060 g/mol. The Morgan fingerprint density at radius 2 is 1.23 bits per heavy atom. The van der Waals surface area contributed by atoms with Crippen LogP contribution in [0.25, 0.3) is 0 Å². The number of nitrogens with two attached hydrogens (primary N) is 3. The Morgan fingerprint density at radius 3 is 1.83 bits per heavy atom. The molecule has 0 spiro atoms. The van der Waals surface area contributed by atoms with Gasteiger partial charge in [-0.1, -0.05) is 64.1 Å². The number of hydrogen-bond donors (Lipinski definition) is 16. The second kappa shape index (κ2) is 31.6. The van der Waals surface area contributed by atoms with Gasteiger partial charge in [-0.25, -0.2) is 4.98 Å². The number of phenolic OH excluding ortho intramolecular Hbond substituents is 1. The predicted octanol–water partition coefficient (Wildman–Crippen LogP) is -5.44. The van der Waals surface area contributed by atoms with E-state index in [0.717, 1.165) is 28.5 Å². The number of imidazole rings is 1. The topological polar surface area (TPSA) is 476 Å². The maximum Gasteiger partial charge on any atom is 0.305 e. The molecule has 1 fully saturated rings. The van der Waals surface area contributed by atoms with Gasteiger partial charge >= 0.3 is 5.97 Å². The Balaban J connectivity index is 1.77. The van der Waals surface area contributed by atoms with E-state index in [2.05, 4.69) is 62.8 Å². The molecule has 0 unspecified atom stereocenters. The molecule has 4 rings (SSSR count). The number of aromatic amines is 1. The molecule has 3 aromatic rings. The van der Waals surface area contributed by atoms with E-state index in [1.54, 1.807) is 30.3 Å². The van der Waals surface area contributed by atoms with Gasteiger partial charge in [-0.05, 0) is 36.1 Å². The number of guanidine groups is 1. The number of primary amides is 1. The zero-order chi connectivity index (χ0) is 57.3. The Kier molecular flexibility index (Phi) is 25.1. The fourth-order valence-corrected chi connectivity index (χ4v) is 9.68. The number of carbonyl (C=O) groups is 11. The van der Waals surface area contributed by atoms with Gasteiger partial charge in [-0.2, -0.15) is 0 Å². The van der Waals surface area contributed by atoms with Crippen molar-refractivity contribution in [1.29, 1.82) is 0 Å². The van der Waals surface area contributed by atoms with Crippen molar-refractivity contribution in [3.8, 4) is 5.75 Å². The van der Waals surface area contributed by atoms with E-state index >= 15 is 0 Å². The quantitative estimate of drug-likeness (QED) is 0.0292. The van der Waals surface area contributed by atoms with Gasteiger partial charge in [0, 0.05) is 56.1 Å². The number of rotatable bonds is 15. The summed E-state index contributed by atoms with van der Waals surface area (Å²) in [7, 11) is 1.95. The number of nitrogens with one attached hydrogen (secondary N) is 10. The van der Waals surface area contributed by atoms with Crippen LogP contribution in [0.1, 0.15) is 43.0 Å². The number of phenols is 1. The number of amides is 10. The number of aliphatic carboxylic acids is 1. The van der Waals surface area contributed by atoms with Crippen LogP contribution in [0.5, 0.6) is 5.75 Å². The Bertz CT molecular complexity index is 2610. The number of nitrogens with zero attached hydrogens (tertiary/aromatic N) is 2. The van der Waals surface area contributed by atoms with Crippen LogP contribution >= 0.6 is 21.6 Å². The molecule has 1 aliphatic heterocycles. The molecule has 2 heterocycles. The lowest BCUT2D eigenvalue weighted by atomic mass is 10.0. The van der Waals surface area contributed by atoms with E-state index in [-0.39, 0.29) is 67.6 Å². The predicted molar refractivity (Wildman–Crippen MR) is 282 cm³/mol. The summed E-state index contributed by atoms with van der Waals surface area (Å²) in [6, 6.07) is 1.37. The number of H-pyrrole nitrogens is 1. The zero-order valence-electron chi connectivity index (χ0n) is 42.0. The summed E-state index contributed by atoms with van der Waals surface area (Å²) in [4.78, 5) is 159. The second-order valence-corrected chi connectivity index (χ2v) is 20.1. The third-order valence-electron chi connectivity index (χ3n) is 11.3. The van der Waals surface area contributed by atoms with E-state index in [4.69, 9.17) is 17.2 Å². The van der Waals surface area contributed by atoms with Gasteiger partial charge in [-0.3, -0.25) is 57.7 Å². The summed E-state index contributed by atoms with van der Waals surface area (Å²) < 4.78 is 0. The molecule has 1 saturated heterocycles. The first-order valence-electron chi connectivity index (χ1n) is 24.0. The van der Waals surface area contributed by atoms with Gasteiger partial charge in [0.15, 0.2) is 5.96 Å². The van der Waals surface area contributed by atoms with Gasteiger partial charge in [0.05, 0.1) is 25.9 Å². The molecule has 422 valence electrons. The molecular formula is C47H63N15O14S2. The molecule has 1 aliphatic rings. The SMILES string of the molecule is CC(=O)N[C@H]1CSSC[C@@H](C(N)=O)NC(=O)[C@H](Cc2ccc(O)cc2)NC(=O)CNC(=O)[C@H](CO)NC(=O)[C@H](CC(=O)O)NC(=O)[C@H](Cc2cnc[nH]2)NC(=O)[C@H](CCCN=C(N)N)NC(=O)[C@H](Cc2ccccc2)NC1=O. The maximum absolute atomic E-state index is 14.4. The summed E-state index contributed by atoms with van der Waals surface area (Å²) in [6.07, 6.45) is 0.633. The largest absolute Gasteiger partial charge is 0.508 e. The number of benzene rings is 2. The number of aliphatic imine (C=N–C) groups is 1. The summed E-state index contributed by atoms with van der Waals surface area (Å²) >= 11 is 0. The molecule has 0 bridgehead atoms. The second-order valence-electron chi connectivity index (χ2n) is 17.5. The van der Waals surface area contributed by atoms with Crippen molar-refractivity contribution >= 4 is 92.6 Å². The molecule has 0 radical (unpaired) electrons. The van der Waals surface area contributed by atoms with E-state index in [1.807, 2.05) is 0 Å². The van der Waals surface area contributed by atoms with Crippen molar-refractivity contribution < 1.29 is 68.1 Å². The first-order chi connectivity index (χ1) is 37.1. The van der Waals surface area contributed by atoms with Crippen molar-refractivity contribution in [3.05, 3.63) is 83.9 Å². The van der Waals surface area contributed by atoms with Crippen molar-refractivity contribution in [2.45, 2.75) is 93.8 Å². The summed E-state index contributed by atoms with van der Waals surface area (Å²) in [5.41, 5.74) is 17.9. The number of carboxylic acid groups (broad SMARTS) is 1. The van der Waals surface area contributed by atoms with Gasteiger partial charge in [-0.15, -0.1) is 0 Å². The Hall–Kier alpha value is -8.45. The van der Waals surface area contributed by atoms with Crippen molar-refractivity contribution in [1.82, 2.24) is 57.8 Å². The lowest BCUT2D eigenvalue weighted by Crippen LogP contribution is -2.61. The van der Waals surface area contributed by atoms with Crippen LogP contribution < -0.4 is 65.1 Å². The monoisotopic (exact) mass is 1130 g/mol. The maximum atomic E-state index is 14.4. The highest BCUT2D eigenvalue weighted by Crippen LogP contribution is 2.24. The normalized spacial score (nSPS) is 23.1. The van der Waals surface area contributed by atoms with E-state index in [9.17, 15) is 68.1 Å². The molecule has 2 aromatic carbocycles. The highest BCUT2D eigenvalue weighted by atomic mass is 33.1. The minimum atomic E-state index is -1.98. The van der Waals surface area contributed by atoms with Crippen LogP contribution in [-0.2, 0) is 72.0 Å². The summed E-state index contributed by atoms with van der Waals surface area (Å²) in [5.74, 6) is -12.3. The van der Waals surface area contributed by atoms with Crippen LogP contribution in [0.3, 0.4) is 0 Å². The van der Waals surface area contributed by atoms with Crippen molar-refractivity contribution in [2.75, 3.05) is 31.2 Å². The van der Waals surface area contributed by atoms with Crippen LogP contribution in [0, 0.1) is 0 Å². The minimum absolute atomic E-state index is 0.0293. The molecule has 29 nitrogen and oxygen atoms in total. The van der Waals surface area contributed by atoms with Crippen LogP contribution in [0.2, 0.25) is 0 Å². The van der Waals surface area contributed by atoms with E-state index in [1.165, 1.54) is 36.8 Å². The lowest BCUT2D eigenvalue weighted by Gasteiger charge is -2.27. The molecule has 19 N–H and O–H groups in total. The fourth-order valence-electron chi connectivity index (χ4n) is 7.34. The summed E-state index contributed by atoms with van der Waals surface area (Å²) in [5, 5.41) is 51.6. The molecule has 0 aliphatic carbocycles. The number of aromatic hydroxyl groups is 1. The van der Waals surface area contributed by atoms with Gasteiger partial charge in [0.1, 0.15) is 54.1 Å². The highest BCUT2D eigenvalue weighted by Gasteiger charge is 2.35. The molecule has 78 heavy (non-hydrogen) atoms.